The first kappa shape index (κ1) is 14.0. The van der Waals surface area contributed by atoms with E-state index in [9.17, 15) is 0 Å². The highest BCUT2D eigenvalue weighted by molar-refractivity contribution is 5.61. The number of hydrogen-bond acceptors (Lipinski definition) is 8. The smallest absolute Gasteiger partial charge is 0.244 e. The Morgan fingerprint density at radius 1 is 1.22 bits per heavy atom. The molecule has 0 saturated carbocycles. The number of fused-ring (bicyclic) bond motifs is 1. The molecule has 0 aliphatic carbocycles. The predicted octanol–water partition coefficient (Wildman–Crippen LogP) is 1.93. The molecule has 1 aromatic heterocycles. The largest absolute Gasteiger partial charge is 0.454 e. The van der Waals surface area contributed by atoms with Gasteiger partial charge in [-0.15, -0.1) is 5.10 Å². The van der Waals surface area contributed by atoms with Crippen molar-refractivity contribution in [3.05, 3.63) is 24.4 Å². The molecule has 2 aromatic rings. The zero-order chi connectivity index (χ0) is 15.5. The minimum atomic E-state index is 0.226. The summed E-state index contributed by atoms with van der Waals surface area (Å²) in [6.45, 7) is 1.78. The van der Waals surface area contributed by atoms with Crippen LogP contribution in [0, 0.1) is 0 Å². The fraction of sp³-hybridized carbons (Fsp3) is 0.400. The summed E-state index contributed by atoms with van der Waals surface area (Å²) in [6, 6.07) is 5.62. The van der Waals surface area contributed by atoms with E-state index in [1.807, 2.05) is 18.2 Å². The molecule has 2 aliphatic rings. The zero-order valence-corrected chi connectivity index (χ0v) is 12.5. The lowest BCUT2D eigenvalue weighted by Crippen LogP contribution is -2.20. The lowest BCUT2D eigenvalue weighted by molar-refractivity contribution is 0.120. The van der Waals surface area contributed by atoms with Crippen LogP contribution < -0.4 is 20.1 Å². The maximum Gasteiger partial charge on any atom is 0.244 e. The molecule has 120 valence electrons. The molecule has 2 aliphatic heterocycles. The lowest BCUT2D eigenvalue weighted by Gasteiger charge is -2.11. The Hall–Kier alpha value is -2.61. The van der Waals surface area contributed by atoms with Crippen molar-refractivity contribution in [1.82, 2.24) is 15.2 Å². The van der Waals surface area contributed by atoms with Crippen molar-refractivity contribution in [2.24, 2.45) is 0 Å². The number of hydrogen-bond donors (Lipinski definition) is 2. The summed E-state index contributed by atoms with van der Waals surface area (Å²) >= 11 is 0. The number of nitrogens with one attached hydrogen (secondary N) is 2. The van der Waals surface area contributed by atoms with Crippen LogP contribution in [0.15, 0.2) is 24.4 Å². The molecule has 1 saturated heterocycles. The van der Waals surface area contributed by atoms with Gasteiger partial charge in [-0.05, 0) is 25.0 Å². The second kappa shape index (κ2) is 6.25. The van der Waals surface area contributed by atoms with Crippen molar-refractivity contribution in [2.45, 2.75) is 18.9 Å². The summed E-state index contributed by atoms with van der Waals surface area (Å²) in [6.07, 6.45) is 3.97. The van der Waals surface area contributed by atoms with Gasteiger partial charge in [0.1, 0.15) is 0 Å². The number of ether oxygens (including phenoxy) is 3. The average molecular weight is 315 g/mol. The van der Waals surface area contributed by atoms with E-state index in [1.54, 1.807) is 6.20 Å². The molecule has 1 aromatic carbocycles. The molecule has 0 radical (unpaired) electrons. The number of rotatable bonds is 5. The standard InChI is InChI=1S/C15H17N5O3/c1-2-11(21-5-1)7-16-15-19-14(8-17-20-15)18-10-3-4-12-13(6-10)23-9-22-12/h3-4,6,8,11H,1-2,5,7,9H2,(H2,16,18,19,20). The lowest BCUT2D eigenvalue weighted by atomic mass is 10.2. The average Bonchev–Trinajstić information content (AvgIpc) is 3.24. The van der Waals surface area contributed by atoms with Gasteiger partial charge in [-0.25, -0.2) is 0 Å². The Morgan fingerprint density at radius 3 is 3.09 bits per heavy atom. The summed E-state index contributed by atoms with van der Waals surface area (Å²) in [4.78, 5) is 4.40. The highest BCUT2D eigenvalue weighted by Crippen LogP contribution is 2.34. The fourth-order valence-electron chi connectivity index (χ4n) is 2.57. The van der Waals surface area contributed by atoms with E-state index in [1.165, 1.54) is 0 Å². The Kier molecular flexibility index (Phi) is 3.81. The van der Waals surface area contributed by atoms with Gasteiger partial charge in [-0.3, -0.25) is 0 Å². The second-order valence-corrected chi connectivity index (χ2v) is 5.37. The summed E-state index contributed by atoms with van der Waals surface area (Å²) in [5.74, 6) is 2.55. The van der Waals surface area contributed by atoms with E-state index < -0.39 is 0 Å². The molecule has 4 rings (SSSR count). The minimum Gasteiger partial charge on any atom is -0.454 e. The van der Waals surface area contributed by atoms with Crippen LogP contribution in [0.3, 0.4) is 0 Å². The molecule has 8 nitrogen and oxygen atoms in total. The third kappa shape index (κ3) is 3.26. The number of aromatic nitrogens is 3. The maximum absolute atomic E-state index is 5.56. The van der Waals surface area contributed by atoms with Gasteiger partial charge in [0.15, 0.2) is 17.3 Å². The normalized spacial score (nSPS) is 18.9. The Labute approximate surface area is 133 Å². The van der Waals surface area contributed by atoms with Crippen molar-refractivity contribution in [1.29, 1.82) is 0 Å². The monoisotopic (exact) mass is 315 g/mol. The van der Waals surface area contributed by atoms with Crippen LogP contribution in [-0.2, 0) is 4.74 Å². The Morgan fingerprint density at radius 2 is 2.17 bits per heavy atom. The molecule has 1 fully saturated rings. The third-order valence-corrected chi connectivity index (χ3v) is 3.72. The third-order valence-electron chi connectivity index (χ3n) is 3.72. The Bertz CT molecular complexity index is 691. The topological polar surface area (TPSA) is 90.4 Å². The van der Waals surface area contributed by atoms with Crippen LogP contribution in [0.5, 0.6) is 11.5 Å². The van der Waals surface area contributed by atoms with E-state index in [0.29, 0.717) is 24.1 Å². The van der Waals surface area contributed by atoms with E-state index in [4.69, 9.17) is 14.2 Å². The highest BCUT2D eigenvalue weighted by Gasteiger charge is 2.16. The van der Waals surface area contributed by atoms with Gasteiger partial charge in [0, 0.05) is 24.9 Å². The van der Waals surface area contributed by atoms with E-state index in [0.717, 1.165) is 30.9 Å². The summed E-state index contributed by atoms with van der Waals surface area (Å²) in [5.41, 5.74) is 0.847. The molecule has 23 heavy (non-hydrogen) atoms. The minimum absolute atomic E-state index is 0.226. The van der Waals surface area contributed by atoms with Gasteiger partial charge in [0.25, 0.3) is 0 Å². The summed E-state index contributed by atoms with van der Waals surface area (Å²) < 4.78 is 16.2. The first-order valence-corrected chi connectivity index (χ1v) is 7.59. The van der Waals surface area contributed by atoms with Crippen molar-refractivity contribution in [3.8, 4) is 11.5 Å². The van der Waals surface area contributed by atoms with Crippen molar-refractivity contribution in [2.75, 3.05) is 30.6 Å². The summed E-state index contributed by atoms with van der Waals surface area (Å²) in [7, 11) is 0. The van der Waals surface area contributed by atoms with Crippen LogP contribution in [0.25, 0.3) is 0 Å². The van der Waals surface area contributed by atoms with Crippen LogP contribution in [0.4, 0.5) is 17.5 Å². The van der Waals surface area contributed by atoms with Crippen molar-refractivity contribution >= 4 is 17.5 Å². The highest BCUT2D eigenvalue weighted by atomic mass is 16.7. The van der Waals surface area contributed by atoms with Gasteiger partial charge in [0.05, 0.1) is 12.3 Å². The van der Waals surface area contributed by atoms with E-state index in [-0.39, 0.29) is 12.9 Å². The SMILES string of the molecule is c1cc2c(cc1Nc1cnnc(NCC3CCCO3)n1)OCO2. The maximum atomic E-state index is 5.56. The molecule has 0 spiro atoms. The van der Waals surface area contributed by atoms with Crippen LogP contribution in [0.2, 0.25) is 0 Å². The molecule has 0 amide bonds. The van der Waals surface area contributed by atoms with Gasteiger partial charge in [-0.2, -0.15) is 10.1 Å². The predicted molar refractivity (Wildman–Crippen MR) is 83.1 cm³/mol. The zero-order valence-electron chi connectivity index (χ0n) is 12.5. The van der Waals surface area contributed by atoms with Gasteiger partial charge in [-0.1, -0.05) is 0 Å². The quantitative estimate of drug-likeness (QED) is 0.865. The molecule has 1 unspecified atom stereocenters. The molecular weight excluding hydrogens is 298 g/mol. The van der Waals surface area contributed by atoms with Gasteiger partial charge < -0.3 is 24.8 Å². The van der Waals surface area contributed by atoms with Crippen LogP contribution >= 0.6 is 0 Å². The number of anilines is 3. The van der Waals surface area contributed by atoms with E-state index >= 15 is 0 Å². The van der Waals surface area contributed by atoms with Gasteiger partial charge >= 0.3 is 0 Å². The fourth-order valence-corrected chi connectivity index (χ4v) is 2.57. The molecule has 3 heterocycles. The summed E-state index contributed by atoms with van der Waals surface area (Å²) in [5, 5.41) is 14.3. The van der Waals surface area contributed by atoms with Crippen LogP contribution in [-0.4, -0.2) is 41.2 Å². The first-order chi connectivity index (χ1) is 11.4. The molecule has 8 heteroatoms. The van der Waals surface area contributed by atoms with Crippen LogP contribution in [0.1, 0.15) is 12.8 Å². The Balaban J connectivity index is 1.41. The molecule has 0 bridgehead atoms. The first-order valence-electron chi connectivity index (χ1n) is 7.59. The molecule has 2 N–H and O–H groups in total. The molecular formula is C15H17N5O3. The number of benzene rings is 1. The van der Waals surface area contributed by atoms with Crippen molar-refractivity contribution in [3.63, 3.8) is 0 Å². The van der Waals surface area contributed by atoms with Gasteiger partial charge in [0.2, 0.25) is 12.7 Å². The van der Waals surface area contributed by atoms with E-state index in [2.05, 4.69) is 25.8 Å². The van der Waals surface area contributed by atoms with Crippen molar-refractivity contribution < 1.29 is 14.2 Å². The second-order valence-electron chi connectivity index (χ2n) is 5.37. The molecule has 1 atom stereocenters. The number of nitrogens with zero attached hydrogens (tertiary/aromatic N) is 3.